The van der Waals surface area contributed by atoms with Crippen LogP contribution in [-0.2, 0) is 31.2 Å². The van der Waals surface area contributed by atoms with Crippen LogP contribution in [-0.4, -0.2) is 40.7 Å². The van der Waals surface area contributed by atoms with Crippen LogP contribution in [0.2, 0.25) is 0 Å². The van der Waals surface area contributed by atoms with Crippen LogP contribution in [0.1, 0.15) is 58.1 Å². The van der Waals surface area contributed by atoms with E-state index in [4.69, 9.17) is 9.57 Å². The van der Waals surface area contributed by atoms with Crippen LogP contribution in [0.25, 0.3) is 0 Å². The van der Waals surface area contributed by atoms with Gasteiger partial charge in [-0.15, -0.1) is 0 Å². The van der Waals surface area contributed by atoms with Crippen LogP contribution < -0.4 is 0 Å². The normalized spacial score (nSPS) is 19.2. The molecule has 1 N–H and O–H groups in total. The van der Waals surface area contributed by atoms with Crippen molar-refractivity contribution in [1.29, 1.82) is 0 Å². The summed E-state index contributed by atoms with van der Waals surface area (Å²) in [7, 11) is 1.31. The molecule has 0 spiro atoms. The number of carboxylic acids is 1. The first-order valence-corrected chi connectivity index (χ1v) is 9.44. The number of ether oxygens (including phenoxy) is 1. The Morgan fingerprint density at radius 3 is 2.25 bits per heavy atom. The predicted octanol–water partition coefficient (Wildman–Crippen LogP) is 3.70. The Bertz CT molecular complexity index is 736. The monoisotopic (exact) mass is 391 g/mol. The number of Topliss-reactive ketones (excluding diaryl/α,β-unsaturated/α-hetero) is 1. The minimum Gasteiger partial charge on any atom is -0.479 e. The van der Waals surface area contributed by atoms with Crippen molar-refractivity contribution in [2.24, 2.45) is 5.92 Å². The number of amides is 1. The van der Waals surface area contributed by atoms with E-state index in [9.17, 15) is 19.5 Å². The number of carbonyl (C=O) groups is 3. The SMILES string of the molecule is CN(OC(C)(C(=O)O)c1ccc(CC2CCCC2=O)cc1)C(=O)OC(C)(C)C. The lowest BCUT2D eigenvalue weighted by atomic mass is 9.92. The maximum absolute atomic E-state index is 12.1. The molecule has 0 aromatic heterocycles. The van der Waals surface area contributed by atoms with E-state index in [1.54, 1.807) is 45.0 Å². The summed E-state index contributed by atoms with van der Waals surface area (Å²) in [5.74, 6) is -0.894. The number of carboxylic acid groups (broad SMARTS) is 1. The van der Waals surface area contributed by atoms with Gasteiger partial charge in [0.15, 0.2) is 0 Å². The molecule has 1 amide bonds. The summed E-state index contributed by atoms with van der Waals surface area (Å²) in [6.45, 7) is 6.51. The molecule has 1 aliphatic carbocycles. The van der Waals surface area contributed by atoms with Crippen LogP contribution in [0.15, 0.2) is 24.3 Å². The Labute approximate surface area is 165 Å². The van der Waals surface area contributed by atoms with Gasteiger partial charge in [-0.3, -0.25) is 4.79 Å². The molecule has 0 heterocycles. The van der Waals surface area contributed by atoms with E-state index in [0.717, 1.165) is 23.5 Å². The second kappa shape index (κ2) is 8.31. The molecule has 2 rings (SSSR count). The van der Waals surface area contributed by atoms with E-state index in [1.165, 1.54) is 14.0 Å². The number of rotatable bonds is 6. The second-order valence-corrected chi connectivity index (χ2v) is 8.36. The highest BCUT2D eigenvalue weighted by Crippen LogP contribution is 2.30. The Morgan fingerprint density at radius 2 is 1.79 bits per heavy atom. The third kappa shape index (κ3) is 5.32. The largest absolute Gasteiger partial charge is 0.479 e. The molecule has 0 saturated heterocycles. The maximum atomic E-state index is 12.1. The molecular formula is C21H29NO6. The molecule has 7 heteroatoms. The van der Waals surface area contributed by atoms with Gasteiger partial charge in [0.1, 0.15) is 11.4 Å². The molecule has 1 aliphatic rings. The van der Waals surface area contributed by atoms with Crippen LogP contribution in [0.4, 0.5) is 4.79 Å². The molecule has 7 nitrogen and oxygen atoms in total. The molecule has 1 aromatic carbocycles. The topological polar surface area (TPSA) is 93.1 Å². The Balaban J connectivity index is 2.14. The van der Waals surface area contributed by atoms with E-state index in [0.29, 0.717) is 24.2 Å². The highest BCUT2D eigenvalue weighted by molar-refractivity contribution is 5.83. The average molecular weight is 391 g/mol. The Morgan fingerprint density at radius 1 is 1.18 bits per heavy atom. The Hall–Kier alpha value is -2.41. The first-order valence-electron chi connectivity index (χ1n) is 9.44. The summed E-state index contributed by atoms with van der Waals surface area (Å²) in [5.41, 5.74) is -1.14. The zero-order valence-corrected chi connectivity index (χ0v) is 17.2. The van der Waals surface area contributed by atoms with Gasteiger partial charge in [-0.1, -0.05) is 24.3 Å². The van der Waals surface area contributed by atoms with Crippen molar-refractivity contribution in [2.45, 2.75) is 64.6 Å². The molecule has 2 atom stereocenters. The summed E-state index contributed by atoms with van der Waals surface area (Å²) in [5, 5.41) is 10.5. The molecule has 0 aliphatic heterocycles. The fourth-order valence-corrected chi connectivity index (χ4v) is 3.20. The van der Waals surface area contributed by atoms with Gasteiger partial charge in [0.2, 0.25) is 5.60 Å². The lowest BCUT2D eigenvalue weighted by molar-refractivity contribution is -0.226. The molecular weight excluding hydrogens is 362 g/mol. The lowest BCUT2D eigenvalue weighted by Crippen LogP contribution is -2.44. The van der Waals surface area contributed by atoms with Crippen molar-refractivity contribution < 1.29 is 29.1 Å². The molecule has 1 aromatic rings. The van der Waals surface area contributed by atoms with Crippen molar-refractivity contribution in [3.8, 4) is 0 Å². The van der Waals surface area contributed by atoms with Gasteiger partial charge in [0.05, 0.1) is 0 Å². The number of carbonyl (C=O) groups excluding carboxylic acids is 2. The zero-order valence-electron chi connectivity index (χ0n) is 17.2. The molecule has 1 saturated carbocycles. The third-order valence-electron chi connectivity index (χ3n) is 4.80. The minimum atomic E-state index is -1.77. The molecule has 0 bridgehead atoms. The number of aliphatic carboxylic acids is 1. The van der Waals surface area contributed by atoms with Gasteiger partial charge in [-0.05, 0) is 58.1 Å². The Kier molecular flexibility index (Phi) is 6.49. The number of benzene rings is 1. The van der Waals surface area contributed by atoms with Gasteiger partial charge in [-0.25, -0.2) is 14.4 Å². The third-order valence-corrected chi connectivity index (χ3v) is 4.80. The van der Waals surface area contributed by atoms with E-state index < -0.39 is 23.3 Å². The second-order valence-electron chi connectivity index (χ2n) is 8.36. The number of nitrogens with zero attached hydrogens (tertiary/aromatic N) is 1. The number of hydrogen-bond acceptors (Lipinski definition) is 5. The zero-order chi connectivity index (χ0) is 21.1. The first kappa shape index (κ1) is 21.9. The van der Waals surface area contributed by atoms with Gasteiger partial charge >= 0.3 is 12.1 Å². The van der Waals surface area contributed by atoms with Crippen LogP contribution in [0.5, 0.6) is 0 Å². The summed E-state index contributed by atoms with van der Waals surface area (Å²) >= 11 is 0. The van der Waals surface area contributed by atoms with Crippen molar-refractivity contribution in [3.63, 3.8) is 0 Å². The lowest BCUT2D eigenvalue weighted by Gasteiger charge is -2.31. The fourth-order valence-electron chi connectivity index (χ4n) is 3.20. The molecule has 28 heavy (non-hydrogen) atoms. The minimum absolute atomic E-state index is 0.0475. The standard InChI is InChI=1S/C21H29NO6/c1-20(2,3)27-19(26)22(5)28-21(4,18(24)25)16-11-9-14(10-12-16)13-15-7-6-8-17(15)23/h9-12,15H,6-8,13H2,1-5H3,(H,24,25). The van der Waals surface area contributed by atoms with E-state index in [-0.39, 0.29) is 5.92 Å². The maximum Gasteiger partial charge on any atom is 0.434 e. The van der Waals surface area contributed by atoms with Crippen LogP contribution in [0.3, 0.4) is 0 Å². The summed E-state index contributed by atoms with van der Waals surface area (Å²) in [4.78, 5) is 41.4. The van der Waals surface area contributed by atoms with E-state index in [2.05, 4.69) is 0 Å². The molecule has 154 valence electrons. The van der Waals surface area contributed by atoms with E-state index >= 15 is 0 Å². The van der Waals surface area contributed by atoms with E-state index in [1.807, 2.05) is 0 Å². The van der Waals surface area contributed by atoms with Crippen molar-refractivity contribution in [2.75, 3.05) is 7.05 Å². The molecule has 2 unspecified atom stereocenters. The van der Waals surface area contributed by atoms with Gasteiger partial charge < -0.3 is 9.84 Å². The van der Waals surface area contributed by atoms with Gasteiger partial charge in [-0.2, -0.15) is 5.06 Å². The average Bonchev–Trinajstić information content (AvgIpc) is 2.98. The van der Waals surface area contributed by atoms with Crippen molar-refractivity contribution >= 4 is 17.8 Å². The molecule has 1 fully saturated rings. The van der Waals surface area contributed by atoms with Crippen LogP contribution >= 0.6 is 0 Å². The number of ketones is 1. The van der Waals surface area contributed by atoms with Gasteiger partial charge in [0, 0.05) is 19.4 Å². The first-order chi connectivity index (χ1) is 12.9. The fraction of sp³-hybridized carbons (Fsp3) is 0.571. The molecule has 0 radical (unpaired) electrons. The quantitative estimate of drug-likeness (QED) is 0.743. The summed E-state index contributed by atoms with van der Waals surface area (Å²) < 4.78 is 5.20. The smallest absolute Gasteiger partial charge is 0.434 e. The van der Waals surface area contributed by atoms with Crippen molar-refractivity contribution in [1.82, 2.24) is 5.06 Å². The number of hydrogen-bond donors (Lipinski definition) is 1. The van der Waals surface area contributed by atoms with Crippen LogP contribution in [0, 0.1) is 5.92 Å². The predicted molar refractivity (Wildman–Crippen MR) is 103 cm³/mol. The van der Waals surface area contributed by atoms with Gasteiger partial charge in [0.25, 0.3) is 0 Å². The van der Waals surface area contributed by atoms with Crippen molar-refractivity contribution in [3.05, 3.63) is 35.4 Å². The summed E-state index contributed by atoms with van der Waals surface area (Å²) in [6, 6.07) is 6.93. The summed E-state index contributed by atoms with van der Waals surface area (Å²) in [6.07, 6.45) is 2.35. The number of hydroxylamine groups is 2. The highest BCUT2D eigenvalue weighted by atomic mass is 16.7. The highest BCUT2D eigenvalue weighted by Gasteiger charge is 2.40.